The van der Waals surface area contributed by atoms with E-state index in [-0.39, 0.29) is 12.1 Å². The maximum atomic E-state index is 13.1. The van der Waals surface area contributed by atoms with Crippen molar-refractivity contribution in [1.82, 2.24) is 21.9 Å². The molecule has 1 saturated heterocycles. The third-order valence-electron chi connectivity index (χ3n) is 4.52. The highest BCUT2D eigenvalue weighted by Crippen LogP contribution is 2.28. The molecule has 2 aromatic rings. The van der Waals surface area contributed by atoms with E-state index in [4.69, 9.17) is 14.2 Å². The van der Waals surface area contributed by atoms with Crippen LogP contribution in [0.4, 0.5) is 5.69 Å². The summed E-state index contributed by atoms with van der Waals surface area (Å²) in [5.41, 5.74) is 13.0. The van der Waals surface area contributed by atoms with Crippen molar-refractivity contribution in [2.75, 3.05) is 26.6 Å². The van der Waals surface area contributed by atoms with Crippen LogP contribution in [0.15, 0.2) is 42.5 Å². The van der Waals surface area contributed by atoms with E-state index in [1.807, 2.05) is 36.4 Å². The van der Waals surface area contributed by atoms with Crippen LogP contribution in [-0.4, -0.2) is 33.4 Å². The van der Waals surface area contributed by atoms with E-state index in [0.717, 1.165) is 5.56 Å². The van der Waals surface area contributed by atoms with Crippen molar-refractivity contribution in [2.45, 2.75) is 12.6 Å². The topological polar surface area (TPSA) is 105 Å². The van der Waals surface area contributed by atoms with Gasteiger partial charge in [-0.3, -0.25) is 4.79 Å². The number of nitrogens with one attached hydrogen (secondary N) is 5. The number of hydrazine groups is 3. The highest BCUT2D eigenvalue weighted by molar-refractivity contribution is 5.93. The molecule has 1 heterocycles. The van der Waals surface area contributed by atoms with Gasteiger partial charge in [0.05, 0.1) is 33.4 Å². The van der Waals surface area contributed by atoms with Gasteiger partial charge in [0.1, 0.15) is 17.2 Å². The maximum Gasteiger partial charge on any atom is 0.230 e. The molecule has 1 amide bonds. The van der Waals surface area contributed by atoms with Crippen LogP contribution in [-0.2, 0) is 11.2 Å². The van der Waals surface area contributed by atoms with Crippen LogP contribution in [0.5, 0.6) is 17.2 Å². The van der Waals surface area contributed by atoms with E-state index in [1.54, 1.807) is 27.4 Å². The largest absolute Gasteiger partial charge is 0.497 e. The second-order valence-corrected chi connectivity index (χ2v) is 6.23. The highest BCUT2D eigenvalue weighted by atomic mass is 16.5. The molecule has 0 spiro atoms. The summed E-state index contributed by atoms with van der Waals surface area (Å²) in [7, 11) is 4.79. The Kier molecular flexibility index (Phi) is 6.66. The third-order valence-corrected chi connectivity index (χ3v) is 4.52. The van der Waals surface area contributed by atoms with Gasteiger partial charge in [0.2, 0.25) is 5.91 Å². The number of methoxy groups -OCH3 is 3. The summed E-state index contributed by atoms with van der Waals surface area (Å²) in [5.74, 6) is 1.44. The average Bonchev–Trinajstić information content (AvgIpc) is 3.26. The van der Waals surface area contributed by atoms with Gasteiger partial charge in [-0.2, -0.15) is 11.1 Å². The molecule has 0 saturated carbocycles. The number of anilines is 1. The first kappa shape index (κ1) is 19.9. The average molecular weight is 387 g/mol. The van der Waals surface area contributed by atoms with Crippen LogP contribution in [0, 0.1) is 5.92 Å². The number of amides is 1. The monoisotopic (exact) mass is 387 g/mol. The van der Waals surface area contributed by atoms with Crippen molar-refractivity contribution in [3.05, 3.63) is 48.0 Å². The molecule has 1 aliphatic rings. The van der Waals surface area contributed by atoms with E-state index in [0.29, 0.717) is 29.4 Å². The summed E-state index contributed by atoms with van der Waals surface area (Å²) in [5, 5.41) is 2.95. The fourth-order valence-electron chi connectivity index (χ4n) is 3.04. The molecule has 1 fully saturated rings. The first-order valence-corrected chi connectivity index (χ1v) is 8.81. The van der Waals surface area contributed by atoms with E-state index < -0.39 is 5.92 Å². The van der Waals surface area contributed by atoms with Crippen molar-refractivity contribution in [3.8, 4) is 17.2 Å². The smallest absolute Gasteiger partial charge is 0.230 e. The lowest BCUT2D eigenvalue weighted by atomic mass is 9.94. The number of rotatable bonds is 8. The van der Waals surface area contributed by atoms with E-state index in [9.17, 15) is 4.79 Å². The summed E-state index contributed by atoms with van der Waals surface area (Å²) in [4.78, 5) is 13.1. The molecule has 5 N–H and O–H groups in total. The number of hydrogen-bond donors (Lipinski definition) is 5. The van der Waals surface area contributed by atoms with E-state index in [1.165, 1.54) is 0 Å². The number of carbonyl (C=O) groups excluding carboxylic acids is 1. The van der Waals surface area contributed by atoms with Gasteiger partial charge in [-0.15, -0.1) is 0 Å². The van der Waals surface area contributed by atoms with Crippen LogP contribution in [0.1, 0.15) is 5.56 Å². The zero-order chi connectivity index (χ0) is 19.9. The summed E-state index contributed by atoms with van der Waals surface area (Å²) in [6, 6.07) is 12.8. The first-order chi connectivity index (χ1) is 13.6. The van der Waals surface area contributed by atoms with Gasteiger partial charge in [-0.25, -0.2) is 10.9 Å². The van der Waals surface area contributed by atoms with Gasteiger partial charge in [-0.1, -0.05) is 6.07 Å². The van der Waals surface area contributed by atoms with Gasteiger partial charge < -0.3 is 19.5 Å². The molecule has 1 aliphatic heterocycles. The van der Waals surface area contributed by atoms with Crippen LogP contribution >= 0.6 is 0 Å². The Bertz CT molecular complexity index is 811. The maximum absolute atomic E-state index is 13.1. The predicted molar refractivity (Wildman–Crippen MR) is 105 cm³/mol. The van der Waals surface area contributed by atoms with Gasteiger partial charge >= 0.3 is 0 Å². The van der Waals surface area contributed by atoms with Crippen molar-refractivity contribution in [1.29, 1.82) is 0 Å². The molecule has 0 aromatic heterocycles. The minimum atomic E-state index is -0.463. The number of benzene rings is 2. The van der Waals surface area contributed by atoms with Crippen molar-refractivity contribution < 1.29 is 19.0 Å². The Morgan fingerprint density at radius 2 is 1.71 bits per heavy atom. The quantitative estimate of drug-likeness (QED) is 0.456. The molecule has 2 aromatic carbocycles. The van der Waals surface area contributed by atoms with Gasteiger partial charge in [-0.05, 0) is 42.3 Å². The Balaban J connectivity index is 1.84. The number of hydrogen-bond acceptors (Lipinski definition) is 8. The highest BCUT2D eigenvalue weighted by Gasteiger charge is 2.32. The van der Waals surface area contributed by atoms with Gasteiger partial charge in [0.25, 0.3) is 0 Å². The lowest BCUT2D eigenvalue weighted by Crippen LogP contribution is -2.47. The number of carbonyl (C=O) groups is 1. The molecule has 1 unspecified atom stereocenters. The van der Waals surface area contributed by atoms with Gasteiger partial charge in [0, 0.05) is 11.8 Å². The predicted octanol–water partition coefficient (Wildman–Crippen LogP) is 0.953. The third kappa shape index (κ3) is 4.70. The molecule has 0 radical (unpaired) electrons. The summed E-state index contributed by atoms with van der Waals surface area (Å²) < 4.78 is 16.0. The minimum Gasteiger partial charge on any atom is -0.497 e. The van der Waals surface area contributed by atoms with Crippen molar-refractivity contribution >= 4 is 11.6 Å². The molecule has 9 nitrogen and oxygen atoms in total. The molecule has 28 heavy (non-hydrogen) atoms. The molecular weight excluding hydrogens is 362 g/mol. The van der Waals surface area contributed by atoms with Crippen molar-refractivity contribution in [3.63, 3.8) is 0 Å². The lowest BCUT2D eigenvalue weighted by Gasteiger charge is -2.23. The fraction of sp³-hybridized carbons (Fsp3) is 0.316. The SMILES string of the molecule is COc1cccc(NC(=O)C(Cc2cc(OC)ccc2OC)C2NNNN2)c1. The Morgan fingerprint density at radius 1 is 1.00 bits per heavy atom. The molecule has 0 bridgehead atoms. The molecule has 1 atom stereocenters. The standard InChI is InChI=1S/C19H25N5O4/c1-26-14-6-4-5-13(11-14)20-19(25)16(18-21-23-24-22-18)10-12-9-15(27-2)7-8-17(12)28-3/h4-9,11,16,18,21-24H,10H2,1-3H3,(H,20,25). The first-order valence-electron chi connectivity index (χ1n) is 8.81. The second-order valence-electron chi connectivity index (χ2n) is 6.23. The minimum absolute atomic E-state index is 0.159. The summed E-state index contributed by atoms with van der Waals surface area (Å²) in [6.07, 6.45) is 0.0750. The Labute approximate surface area is 163 Å². The van der Waals surface area contributed by atoms with Crippen molar-refractivity contribution in [2.24, 2.45) is 5.92 Å². The molecule has 3 rings (SSSR count). The summed E-state index contributed by atoms with van der Waals surface area (Å²) >= 11 is 0. The van der Waals surface area contributed by atoms with Crippen LogP contribution < -0.4 is 41.4 Å². The Hall–Kier alpha value is -2.85. The summed E-state index contributed by atoms with van der Waals surface area (Å²) in [6.45, 7) is 0. The normalized spacial score (nSPS) is 15.1. The zero-order valence-corrected chi connectivity index (χ0v) is 16.0. The van der Waals surface area contributed by atoms with Crippen LogP contribution in [0.3, 0.4) is 0 Å². The second kappa shape index (κ2) is 9.38. The van der Waals surface area contributed by atoms with Crippen LogP contribution in [0.2, 0.25) is 0 Å². The number of ether oxygens (including phenoxy) is 3. The van der Waals surface area contributed by atoms with Gasteiger partial charge in [0.15, 0.2) is 0 Å². The molecule has 9 heteroatoms. The van der Waals surface area contributed by atoms with E-state index in [2.05, 4.69) is 27.2 Å². The van der Waals surface area contributed by atoms with Crippen LogP contribution in [0.25, 0.3) is 0 Å². The molecule has 0 aliphatic carbocycles. The fourth-order valence-corrected chi connectivity index (χ4v) is 3.04. The zero-order valence-electron chi connectivity index (χ0n) is 16.0. The lowest BCUT2D eigenvalue weighted by molar-refractivity contribution is -0.120. The Morgan fingerprint density at radius 3 is 2.39 bits per heavy atom. The van der Waals surface area contributed by atoms with E-state index >= 15 is 0 Å². The molecule has 150 valence electrons. The molecular formula is C19H25N5O4.